The Hall–Kier alpha value is -2.90. The first kappa shape index (κ1) is 22.3. The Kier molecular flexibility index (Phi) is 7.07. The molecule has 1 amide bonds. The minimum absolute atomic E-state index is 0.0564. The van der Waals surface area contributed by atoms with E-state index in [1.54, 1.807) is 0 Å². The van der Waals surface area contributed by atoms with Crippen LogP contribution in [-0.2, 0) is 17.8 Å². The Labute approximate surface area is 193 Å². The van der Waals surface area contributed by atoms with E-state index in [1.807, 2.05) is 42.6 Å². The van der Waals surface area contributed by atoms with E-state index in [-0.39, 0.29) is 18.4 Å². The molecule has 2 N–H and O–H groups in total. The van der Waals surface area contributed by atoms with Crippen LogP contribution in [0.25, 0.3) is 0 Å². The van der Waals surface area contributed by atoms with Gasteiger partial charge in [0.25, 0.3) is 0 Å². The van der Waals surface area contributed by atoms with Crippen LogP contribution in [0.15, 0.2) is 47.8 Å². The van der Waals surface area contributed by atoms with E-state index in [0.717, 1.165) is 39.0 Å². The zero-order valence-electron chi connectivity index (χ0n) is 18.7. The van der Waals surface area contributed by atoms with Gasteiger partial charge in [-0.15, -0.1) is 11.3 Å². The van der Waals surface area contributed by atoms with Gasteiger partial charge in [-0.3, -0.25) is 4.79 Å². The molecule has 0 fully saturated rings. The minimum Gasteiger partial charge on any atom is -0.486 e. The first-order valence-electron chi connectivity index (χ1n) is 10.9. The molecule has 0 spiro atoms. The maximum Gasteiger partial charge on any atom is 0.231 e. The van der Waals surface area contributed by atoms with Crippen molar-refractivity contribution in [3.63, 3.8) is 0 Å². The van der Waals surface area contributed by atoms with Gasteiger partial charge in [0.05, 0.1) is 12.1 Å². The Morgan fingerprint density at radius 1 is 1.09 bits per heavy atom. The van der Waals surface area contributed by atoms with Crippen LogP contribution < -0.4 is 20.1 Å². The normalized spacial score (nSPS) is 13.8. The average molecular weight is 452 g/mol. The SMILES string of the molecule is Cc1ccc(NC(=O)Cc2nc(CN[C@@H](c3ccc4c(c3)OCCO4)C(C)C)cs2)cc1. The molecule has 6 nitrogen and oxygen atoms in total. The molecule has 3 aromatic rings. The van der Waals surface area contributed by atoms with Crippen LogP contribution in [0.5, 0.6) is 11.5 Å². The van der Waals surface area contributed by atoms with E-state index in [1.165, 1.54) is 11.3 Å². The number of benzene rings is 2. The van der Waals surface area contributed by atoms with Crippen LogP contribution in [0.3, 0.4) is 0 Å². The van der Waals surface area contributed by atoms with Gasteiger partial charge in [0.1, 0.15) is 18.2 Å². The fraction of sp³-hybridized carbons (Fsp3) is 0.360. The van der Waals surface area contributed by atoms with Crippen LogP contribution in [-0.4, -0.2) is 24.1 Å². The average Bonchev–Trinajstić information content (AvgIpc) is 3.22. The predicted octanol–water partition coefficient (Wildman–Crippen LogP) is 4.89. The molecule has 0 saturated heterocycles. The summed E-state index contributed by atoms with van der Waals surface area (Å²) < 4.78 is 11.4. The quantitative estimate of drug-likeness (QED) is 0.510. The molecule has 0 saturated carbocycles. The molecule has 168 valence electrons. The Bertz CT molecular complexity index is 1060. The summed E-state index contributed by atoms with van der Waals surface area (Å²) in [6.07, 6.45) is 0.272. The van der Waals surface area contributed by atoms with Crippen molar-refractivity contribution in [3.05, 3.63) is 69.7 Å². The lowest BCUT2D eigenvalue weighted by atomic mass is 9.95. The molecule has 1 aromatic heterocycles. The molecule has 1 aliphatic rings. The number of carbonyl (C=O) groups excluding carboxylic acids is 1. The van der Waals surface area contributed by atoms with Gasteiger partial charge in [0.15, 0.2) is 11.5 Å². The van der Waals surface area contributed by atoms with Crippen molar-refractivity contribution in [1.82, 2.24) is 10.3 Å². The molecule has 7 heteroatoms. The number of amides is 1. The second kappa shape index (κ2) is 10.1. The second-order valence-electron chi connectivity index (χ2n) is 8.33. The van der Waals surface area contributed by atoms with Crippen molar-refractivity contribution in [2.75, 3.05) is 18.5 Å². The lowest BCUT2D eigenvalue weighted by Crippen LogP contribution is -2.26. The molecule has 1 atom stereocenters. The number of carbonyl (C=O) groups is 1. The van der Waals surface area contributed by atoms with Gasteiger partial charge < -0.3 is 20.1 Å². The maximum atomic E-state index is 12.4. The molecule has 0 radical (unpaired) electrons. The third-order valence-electron chi connectivity index (χ3n) is 5.34. The molecule has 2 heterocycles. The second-order valence-corrected chi connectivity index (χ2v) is 9.27. The first-order chi connectivity index (χ1) is 15.5. The lowest BCUT2D eigenvalue weighted by Gasteiger charge is -2.25. The van der Waals surface area contributed by atoms with E-state index < -0.39 is 0 Å². The van der Waals surface area contributed by atoms with Crippen LogP contribution >= 0.6 is 11.3 Å². The van der Waals surface area contributed by atoms with Crippen molar-refractivity contribution in [1.29, 1.82) is 0 Å². The summed E-state index contributed by atoms with van der Waals surface area (Å²) in [5.41, 5.74) is 4.07. The van der Waals surface area contributed by atoms with E-state index in [9.17, 15) is 4.79 Å². The molecule has 1 aliphatic heterocycles. The van der Waals surface area contributed by atoms with Crippen molar-refractivity contribution >= 4 is 22.9 Å². The van der Waals surface area contributed by atoms with Crippen LogP contribution in [0.2, 0.25) is 0 Å². The summed E-state index contributed by atoms with van der Waals surface area (Å²) in [6, 6.07) is 14.1. The Balaban J connectivity index is 1.34. The third-order valence-corrected chi connectivity index (χ3v) is 6.24. The van der Waals surface area contributed by atoms with E-state index >= 15 is 0 Å². The highest BCUT2D eigenvalue weighted by Crippen LogP contribution is 2.34. The lowest BCUT2D eigenvalue weighted by molar-refractivity contribution is -0.115. The zero-order chi connectivity index (χ0) is 22.5. The fourth-order valence-corrected chi connectivity index (χ4v) is 4.49. The Morgan fingerprint density at radius 3 is 2.59 bits per heavy atom. The fourth-order valence-electron chi connectivity index (χ4n) is 3.70. The standard InChI is InChI=1S/C25H29N3O3S/c1-16(2)25(18-6-9-21-22(12-18)31-11-10-30-21)26-14-20-15-32-24(28-20)13-23(29)27-19-7-4-17(3)5-8-19/h4-9,12,15-16,25-26H,10-11,13-14H2,1-3H3,(H,27,29)/t25-/m1/s1. The minimum atomic E-state index is -0.0564. The largest absolute Gasteiger partial charge is 0.486 e. The van der Waals surface area contributed by atoms with Crippen molar-refractivity contribution in [2.24, 2.45) is 5.92 Å². The van der Waals surface area contributed by atoms with Crippen LogP contribution in [0.1, 0.15) is 41.7 Å². The van der Waals surface area contributed by atoms with Crippen LogP contribution in [0.4, 0.5) is 5.69 Å². The van der Waals surface area contributed by atoms with Gasteiger partial charge in [-0.25, -0.2) is 4.98 Å². The van der Waals surface area contributed by atoms with E-state index in [4.69, 9.17) is 9.47 Å². The topological polar surface area (TPSA) is 72.5 Å². The molecule has 32 heavy (non-hydrogen) atoms. The number of nitrogens with zero attached hydrogens (tertiary/aromatic N) is 1. The number of rotatable bonds is 8. The monoisotopic (exact) mass is 451 g/mol. The molecule has 0 bridgehead atoms. The highest BCUT2D eigenvalue weighted by molar-refractivity contribution is 7.09. The zero-order valence-corrected chi connectivity index (χ0v) is 19.5. The van der Waals surface area contributed by atoms with E-state index in [0.29, 0.717) is 25.7 Å². The number of aromatic nitrogens is 1. The first-order valence-corrected chi connectivity index (χ1v) is 11.8. The van der Waals surface area contributed by atoms with Gasteiger partial charge >= 0.3 is 0 Å². The summed E-state index contributed by atoms with van der Waals surface area (Å²) in [5, 5.41) is 9.37. The van der Waals surface area contributed by atoms with Gasteiger partial charge in [-0.2, -0.15) is 0 Å². The smallest absolute Gasteiger partial charge is 0.231 e. The van der Waals surface area contributed by atoms with Gasteiger partial charge in [0.2, 0.25) is 5.91 Å². The third kappa shape index (κ3) is 5.66. The van der Waals surface area contributed by atoms with Crippen LogP contribution in [0, 0.1) is 12.8 Å². The summed E-state index contributed by atoms with van der Waals surface area (Å²) in [6.45, 7) is 8.21. The predicted molar refractivity (Wildman–Crippen MR) is 127 cm³/mol. The molecule has 0 unspecified atom stereocenters. The number of nitrogens with one attached hydrogen (secondary N) is 2. The maximum absolute atomic E-state index is 12.4. The summed E-state index contributed by atoms with van der Waals surface area (Å²) in [7, 11) is 0. The van der Waals surface area contributed by atoms with E-state index in [2.05, 4.69) is 41.6 Å². The molecule has 4 rings (SSSR count). The van der Waals surface area contributed by atoms with Gasteiger partial charge in [0, 0.05) is 23.7 Å². The highest BCUT2D eigenvalue weighted by Gasteiger charge is 2.20. The molecule has 0 aliphatic carbocycles. The molecular weight excluding hydrogens is 422 g/mol. The van der Waals surface area contributed by atoms with Crippen molar-refractivity contribution in [2.45, 2.75) is 39.8 Å². The summed E-state index contributed by atoms with van der Waals surface area (Å²) in [5.74, 6) is 1.93. The highest BCUT2D eigenvalue weighted by atomic mass is 32.1. The number of hydrogen-bond donors (Lipinski definition) is 2. The number of thiazole rings is 1. The number of anilines is 1. The van der Waals surface area contributed by atoms with Crippen molar-refractivity contribution in [3.8, 4) is 11.5 Å². The number of aryl methyl sites for hydroxylation is 1. The Morgan fingerprint density at radius 2 is 1.84 bits per heavy atom. The molecular formula is C25H29N3O3S. The van der Waals surface area contributed by atoms with Gasteiger partial charge in [-0.1, -0.05) is 37.6 Å². The number of fused-ring (bicyclic) bond motifs is 1. The summed E-state index contributed by atoms with van der Waals surface area (Å²) in [4.78, 5) is 17.0. The molecule has 2 aromatic carbocycles. The van der Waals surface area contributed by atoms with Gasteiger partial charge in [-0.05, 0) is 42.7 Å². The number of hydrogen-bond acceptors (Lipinski definition) is 6. The number of ether oxygens (including phenoxy) is 2. The van der Waals surface area contributed by atoms with Crippen molar-refractivity contribution < 1.29 is 14.3 Å². The summed E-state index contributed by atoms with van der Waals surface area (Å²) >= 11 is 1.52.